The quantitative estimate of drug-likeness (QED) is 0.839. The van der Waals surface area contributed by atoms with E-state index in [0.717, 1.165) is 17.3 Å². The van der Waals surface area contributed by atoms with Crippen LogP contribution in [0.2, 0.25) is 0 Å². The molecular weight excluding hydrogens is 230 g/mol. The highest BCUT2D eigenvalue weighted by molar-refractivity contribution is 5.66. The second kappa shape index (κ2) is 6.33. The monoisotopic (exact) mass is 251 g/mol. The molecule has 0 aliphatic heterocycles. The lowest BCUT2D eigenvalue weighted by atomic mass is 10.2. The molecule has 5 nitrogen and oxygen atoms in total. The zero-order valence-electron chi connectivity index (χ0n) is 11.5. The molecule has 0 spiro atoms. The lowest BCUT2D eigenvalue weighted by molar-refractivity contribution is -0.137. The fourth-order valence-electron chi connectivity index (χ4n) is 1.61. The van der Waals surface area contributed by atoms with Crippen LogP contribution in [0.5, 0.6) is 0 Å². The van der Waals surface area contributed by atoms with Gasteiger partial charge in [0.1, 0.15) is 11.6 Å². The van der Waals surface area contributed by atoms with Gasteiger partial charge in [-0.05, 0) is 13.3 Å². The number of rotatable bonds is 6. The van der Waals surface area contributed by atoms with Crippen molar-refractivity contribution in [1.82, 2.24) is 9.97 Å². The highest BCUT2D eigenvalue weighted by Gasteiger charge is 2.09. The predicted octanol–water partition coefficient (Wildman–Crippen LogP) is 2.21. The average Bonchev–Trinajstić information content (AvgIpc) is 2.27. The maximum atomic E-state index is 10.5. The molecule has 0 unspecified atom stereocenters. The van der Waals surface area contributed by atoms with Gasteiger partial charge >= 0.3 is 5.97 Å². The maximum Gasteiger partial charge on any atom is 0.303 e. The van der Waals surface area contributed by atoms with Crippen LogP contribution in [0.4, 0.5) is 5.82 Å². The highest BCUT2D eigenvalue weighted by Crippen LogP contribution is 2.16. The van der Waals surface area contributed by atoms with Crippen LogP contribution in [0, 0.1) is 6.92 Å². The number of aromatic nitrogens is 2. The van der Waals surface area contributed by atoms with E-state index in [9.17, 15) is 4.79 Å². The molecular formula is C13H21N3O2. The molecule has 1 heterocycles. The fraction of sp³-hybridized carbons (Fsp3) is 0.615. The second-order valence-electron chi connectivity index (χ2n) is 4.80. The predicted molar refractivity (Wildman–Crippen MR) is 71.0 cm³/mol. The number of carbonyl (C=O) groups is 1. The number of nitrogens with zero attached hydrogens (tertiary/aromatic N) is 3. The van der Waals surface area contributed by atoms with Crippen molar-refractivity contribution in [2.75, 3.05) is 18.5 Å². The zero-order valence-corrected chi connectivity index (χ0v) is 11.5. The molecule has 5 heteroatoms. The maximum absolute atomic E-state index is 10.5. The third-order valence-electron chi connectivity index (χ3n) is 2.65. The Labute approximate surface area is 108 Å². The van der Waals surface area contributed by atoms with Crippen molar-refractivity contribution >= 4 is 11.8 Å². The molecule has 0 saturated carbocycles. The smallest absolute Gasteiger partial charge is 0.303 e. The van der Waals surface area contributed by atoms with E-state index in [2.05, 4.69) is 23.8 Å². The molecule has 1 aromatic rings. The van der Waals surface area contributed by atoms with E-state index in [-0.39, 0.29) is 12.3 Å². The van der Waals surface area contributed by atoms with E-state index >= 15 is 0 Å². The minimum absolute atomic E-state index is 0.186. The van der Waals surface area contributed by atoms with Crippen LogP contribution < -0.4 is 4.90 Å². The van der Waals surface area contributed by atoms with Gasteiger partial charge in [-0.3, -0.25) is 4.79 Å². The number of hydrogen-bond acceptors (Lipinski definition) is 4. The minimum Gasteiger partial charge on any atom is -0.481 e. The first-order valence-corrected chi connectivity index (χ1v) is 6.18. The third-order valence-corrected chi connectivity index (χ3v) is 2.65. The van der Waals surface area contributed by atoms with Gasteiger partial charge in [0.2, 0.25) is 0 Å². The van der Waals surface area contributed by atoms with Crippen molar-refractivity contribution in [2.24, 2.45) is 0 Å². The summed E-state index contributed by atoms with van der Waals surface area (Å²) in [6.07, 6.45) is 0.803. The van der Waals surface area contributed by atoms with Crippen molar-refractivity contribution in [3.63, 3.8) is 0 Å². The van der Waals surface area contributed by atoms with Gasteiger partial charge in [0.05, 0.1) is 0 Å². The molecule has 1 rings (SSSR count). The summed E-state index contributed by atoms with van der Waals surface area (Å²) in [7, 11) is 1.92. The summed E-state index contributed by atoms with van der Waals surface area (Å²) in [4.78, 5) is 21.3. The van der Waals surface area contributed by atoms with Crippen molar-refractivity contribution in [3.05, 3.63) is 17.6 Å². The van der Waals surface area contributed by atoms with Gasteiger partial charge in [-0.25, -0.2) is 9.97 Å². The molecule has 18 heavy (non-hydrogen) atoms. The number of aryl methyl sites for hydroxylation is 1. The van der Waals surface area contributed by atoms with Crippen molar-refractivity contribution < 1.29 is 9.90 Å². The Kier molecular flexibility index (Phi) is 5.07. The molecule has 0 radical (unpaired) electrons. The summed E-state index contributed by atoms with van der Waals surface area (Å²) in [5.74, 6) is 1.22. The molecule has 0 amide bonds. The van der Waals surface area contributed by atoms with Gasteiger partial charge in [0, 0.05) is 37.7 Å². The minimum atomic E-state index is -0.759. The number of carboxylic acids is 1. The average molecular weight is 251 g/mol. The fourth-order valence-corrected chi connectivity index (χ4v) is 1.61. The van der Waals surface area contributed by atoms with Gasteiger partial charge in [0.25, 0.3) is 0 Å². The number of carboxylic acid groups (broad SMARTS) is 1. The molecule has 1 aromatic heterocycles. The summed E-state index contributed by atoms with van der Waals surface area (Å²) < 4.78 is 0. The van der Waals surface area contributed by atoms with Gasteiger partial charge < -0.3 is 10.0 Å². The van der Waals surface area contributed by atoms with Crippen LogP contribution in [0.1, 0.15) is 44.1 Å². The van der Waals surface area contributed by atoms with Crippen LogP contribution in [0.15, 0.2) is 6.07 Å². The van der Waals surface area contributed by atoms with Gasteiger partial charge in [-0.15, -0.1) is 0 Å². The van der Waals surface area contributed by atoms with Gasteiger partial charge in [-0.1, -0.05) is 13.8 Å². The topological polar surface area (TPSA) is 66.3 Å². The molecule has 0 bridgehead atoms. The standard InChI is InChI=1S/C13H21N3O2/c1-9(2)13-14-10(3)8-11(15-13)16(4)7-5-6-12(17)18/h8-9H,5-7H2,1-4H3,(H,17,18). The number of aliphatic carboxylic acids is 1. The second-order valence-corrected chi connectivity index (χ2v) is 4.80. The SMILES string of the molecule is Cc1cc(N(C)CCCC(=O)O)nc(C(C)C)n1. The highest BCUT2D eigenvalue weighted by atomic mass is 16.4. The third kappa shape index (κ3) is 4.31. The molecule has 0 aliphatic carbocycles. The Morgan fingerprint density at radius 3 is 2.67 bits per heavy atom. The van der Waals surface area contributed by atoms with Crippen LogP contribution >= 0.6 is 0 Å². The number of anilines is 1. The van der Waals surface area contributed by atoms with Crippen LogP contribution in [0.3, 0.4) is 0 Å². The Morgan fingerprint density at radius 1 is 1.44 bits per heavy atom. The van der Waals surface area contributed by atoms with E-state index < -0.39 is 5.97 Å². The summed E-state index contributed by atoms with van der Waals surface area (Å²) in [5, 5.41) is 8.61. The van der Waals surface area contributed by atoms with E-state index in [1.54, 1.807) is 0 Å². The number of hydrogen-bond donors (Lipinski definition) is 1. The van der Waals surface area contributed by atoms with E-state index in [0.29, 0.717) is 13.0 Å². The molecule has 100 valence electrons. The molecule has 0 saturated heterocycles. The van der Waals surface area contributed by atoms with E-state index in [1.165, 1.54) is 0 Å². The largest absolute Gasteiger partial charge is 0.481 e. The van der Waals surface area contributed by atoms with E-state index in [1.807, 2.05) is 24.9 Å². The lowest BCUT2D eigenvalue weighted by Crippen LogP contribution is -2.21. The molecule has 0 atom stereocenters. The van der Waals surface area contributed by atoms with Crippen molar-refractivity contribution in [1.29, 1.82) is 0 Å². The van der Waals surface area contributed by atoms with Crippen LogP contribution in [-0.4, -0.2) is 34.6 Å². The summed E-state index contributed by atoms with van der Waals surface area (Å²) >= 11 is 0. The van der Waals surface area contributed by atoms with Gasteiger partial charge in [0.15, 0.2) is 0 Å². The Bertz CT molecular complexity index is 419. The molecule has 0 aromatic carbocycles. The van der Waals surface area contributed by atoms with Gasteiger partial charge in [-0.2, -0.15) is 0 Å². The normalized spacial score (nSPS) is 10.7. The summed E-state index contributed by atoms with van der Waals surface area (Å²) in [5.41, 5.74) is 0.939. The Balaban J connectivity index is 2.72. The zero-order chi connectivity index (χ0) is 13.7. The first-order chi connectivity index (χ1) is 8.40. The lowest BCUT2D eigenvalue weighted by Gasteiger charge is -2.19. The van der Waals surface area contributed by atoms with Crippen molar-refractivity contribution in [2.45, 2.75) is 39.5 Å². The van der Waals surface area contributed by atoms with E-state index in [4.69, 9.17) is 5.11 Å². The summed E-state index contributed by atoms with van der Waals surface area (Å²) in [6.45, 7) is 6.74. The Morgan fingerprint density at radius 2 is 2.11 bits per heavy atom. The van der Waals surface area contributed by atoms with Crippen LogP contribution in [0.25, 0.3) is 0 Å². The first kappa shape index (κ1) is 14.4. The molecule has 0 fully saturated rings. The van der Waals surface area contributed by atoms with Crippen LogP contribution in [-0.2, 0) is 4.79 Å². The first-order valence-electron chi connectivity index (χ1n) is 6.18. The Hall–Kier alpha value is -1.65. The summed E-state index contributed by atoms with van der Waals surface area (Å²) in [6, 6.07) is 1.92. The molecule has 0 aliphatic rings. The molecule has 1 N–H and O–H groups in total. The van der Waals surface area contributed by atoms with Crippen molar-refractivity contribution in [3.8, 4) is 0 Å².